The van der Waals surface area contributed by atoms with Crippen LogP contribution in [0.15, 0.2) is 36.5 Å². The van der Waals surface area contributed by atoms with Crippen LogP contribution in [0.3, 0.4) is 0 Å². The van der Waals surface area contributed by atoms with E-state index in [0.717, 1.165) is 0 Å². The Kier molecular flexibility index (Phi) is 5.08. The molecule has 0 unspecified atom stereocenters. The summed E-state index contributed by atoms with van der Waals surface area (Å²) in [7, 11) is 0. The standard InChI is InChI=1S/C16H13ClF3N5O2/c1-9-13(14(23-22-9)16(18,19)20)21-15(26)12-5-6-25(24-12)8-27-11-4-2-3-10(17)7-11/h2-7H,8H2,1H3,(H,21,26)(H,22,23). The van der Waals surface area contributed by atoms with Crippen molar-refractivity contribution < 1.29 is 22.7 Å². The number of anilines is 1. The third-order valence-electron chi connectivity index (χ3n) is 3.49. The van der Waals surface area contributed by atoms with Crippen molar-refractivity contribution in [3.63, 3.8) is 0 Å². The van der Waals surface area contributed by atoms with E-state index in [1.54, 1.807) is 24.3 Å². The van der Waals surface area contributed by atoms with E-state index in [1.807, 2.05) is 0 Å². The van der Waals surface area contributed by atoms with Gasteiger partial charge in [-0.3, -0.25) is 9.89 Å². The summed E-state index contributed by atoms with van der Waals surface area (Å²) in [6.45, 7) is 1.36. The zero-order valence-electron chi connectivity index (χ0n) is 13.8. The van der Waals surface area contributed by atoms with Crippen LogP contribution in [0.4, 0.5) is 18.9 Å². The number of ether oxygens (including phenoxy) is 1. The van der Waals surface area contributed by atoms with Crippen molar-refractivity contribution in [2.45, 2.75) is 19.8 Å². The molecule has 0 aliphatic carbocycles. The predicted octanol–water partition coefficient (Wildman–Crippen LogP) is 3.88. The maximum Gasteiger partial charge on any atom is 0.437 e. The first-order chi connectivity index (χ1) is 12.7. The van der Waals surface area contributed by atoms with Gasteiger partial charge in [-0.05, 0) is 31.2 Å². The molecule has 7 nitrogen and oxygen atoms in total. The minimum atomic E-state index is -4.70. The summed E-state index contributed by atoms with van der Waals surface area (Å²) in [5.74, 6) is -0.292. The zero-order valence-corrected chi connectivity index (χ0v) is 14.6. The van der Waals surface area contributed by atoms with E-state index in [-0.39, 0.29) is 18.1 Å². The molecule has 0 spiro atoms. The Hall–Kier alpha value is -3.01. The third-order valence-corrected chi connectivity index (χ3v) is 3.72. The number of aromatic nitrogens is 4. The van der Waals surface area contributed by atoms with Crippen molar-refractivity contribution in [1.82, 2.24) is 20.0 Å². The lowest BCUT2D eigenvalue weighted by molar-refractivity contribution is -0.140. The molecular weight excluding hydrogens is 387 g/mol. The number of nitrogens with zero attached hydrogens (tertiary/aromatic N) is 3. The highest BCUT2D eigenvalue weighted by Crippen LogP contribution is 2.34. The molecule has 0 aliphatic heterocycles. The fourth-order valence-electron chi connectivity index (χ4n) is 2.22. The number of carbonyl (C=O) groups is 1. The number of benzene rings is 1. The number of hydrogen-bond acceptors (Lipinski definition) is 4. The van der Waals surface area contributed by atoms with Crippen molar-refractivity contribution in [1.29, 1.82) is 0 Å². The Morgan fingerprint density at radius 1 is 1.37 bits per heavy atom. The summed E-state index contributed by atoms with van der Waals surface area (Å²) in [5.41, 5.74) is -1.62. The lowest BCUT2D eigenvalue weighted by atomic mass is 10.2. The molecule has 3 aromatic rings. The van der Waals surface area contributed by atoms with Crippen LogP contribution < -0.4 is 10.1 Å². The molecule has 2 aromatic heterocycles. The summed E-state index contributed by atoms with van der Waals surface area (Å²) >= 11 is 5.85. The van der Waals surface area contributed by atoms with Gasteiger partial charge in [0.25, 0.3) is 5.91 Å². The van der Waals surface area contributed by atoms with Gasteiger partial charge in [0.2, 0.25) is 0 Å². The second kappa shape index (κ2) is 7.31. The van der Waals surface area contributed by atoms with E-state index < -0.39 is 23.5 Å². The predicted molar refractivity (Wildman–Crippen MR) is 90.6 cm³/mol. The number of aryl methyl sites for hydroxylation is 1. The van der Waals surface area contributed by atoms with Crippen LogP contribution in [0.2, 0.25) is 5.02 Å². The summed E-state index contributed by atoms with van der Waals surface area (Å²) in [6, 6.07) is 8.07. The number of H-pyrrole nitrogens is 1. The highest BCUT2D eigenvalue weighted by Gasteiger charge is 2.38. The molecule has 0 fully saturated rings. The fraction of sp³-hybridized carbons (Fsp3) is 0.188. The molecule has 0 saturated carbocycles. The molecule has 2 heterocycles. The Balaban J connectivity index is 1.68. The van der Waals surface area contributed by atoms with Crippen molar-refractivity contribution in [2.75, 3.05) is 5.32 Å². The summed E-state index contributed by atoms with van der Waals surface area (Å²) in [4.78, 5) is 12.2. The Bertz CT molecular complexity index is 967. The number of halogens is 4. The minimum Gasteiger partial charge on any atom is -0.471 e. The van der Waals surface area contributed by atoms with Crippen LogP contribution in [0.25, 0.3) is 0 Å². The van der Waals surface area contributed by atoms with Gasteiger partial charge in [-0.1, -0.05) is 17.7 Å². The number of hydrogen-bond donors (Lipinski definition) is 2. The molecular formula is C16H13ClF3N5O2. The molecule has 0 aliphatic rings. The first-order valence-electron chi connectivity index (χ1n) is 7.59. The average molecular weight is 400 g/mol. The highest BCUT2D eigenvalue weighted by atomic mass is 35.5. The second-order valence-corrected chi connectivity index (χ2v) is 5.93. The normalized spacial score (nSPS) is 11.4. The largest absolute Gasteiger partial charge is 0.471 e. The van der Waals surface area contributed by atoms with E-state index >= 15 is 0 Å². The quantitative estimate of drug-likeness (QED) is 0.682. The van der Waals surface area contributed by atoms with E-state index in [4.69, 9.17) is 16.3 Å². The van der Waals surface area contributed by atoms with Crippen molar-refractivity contribution in [3.05, 3.63) is 58.6 Å². The summed E-state index contributed by atoms with van der Waals surface area (Å²) < 4.78 is 45.6. The molecule has 0 saturated heterocycles. The van der Waals surface area contributed by atoms with Gasteiger partial charge in [0, 0.05) is 11.2 Å². The molecule has 2 N–H and O–H groups in total. The van der Waals surface area contributed by atoms with Gasteiger partial charge >= 0.3 is 6.18 Å². The molecule has 3 rings (SSSR count). The molecule has 11 heteroatoms. The van der Waals surface area contributed by atoms with Gasteiger partial charge < -0.3 is 10.1 Å². The number of nitrogens with one attached hydrogen (secondary N) is 2. The van der Waals surface area contributed by atoms with Crippen molar-refractivity contribution in [3.8, 4) is 5.75 Å². The SMILES string of the molecule is Cc1[nH]nc(C(F)(F)F)c1NC(=O)c1ccn(COc2cccc(Cl)c2)n1. The van der Waals surface area contributed by atoms with E-state index in [1.165, 1.54) is 23.9 Å². The van der Waals surface area contributed by atoms with Crippen molar-refractivity contribution in [2.24, 2.45) is 0 Å². The van der Waals surface area contributed by atoms with E-state index in [2.05, 4.69) is 20.6 Å². The highest BCUT2D eigenvalue weighted by molar-refractivity contribution is 6.30. The third kappa shape index (κ3) is 4.40. The first-order valence-corrected chi connectivity index (χ1v) is 7.97. The van der Waals surface area contributed by atoms with Crippen LogP contribution >= 0.6 is 11.6 Å². The second-order valence-electron chi connectivity index (χ2n) is 5.50. The van der Waals surface area contributed by atoms with Gasteiger partial charge in [0.1, 0.15) is 5.75 Å². The molecule has 0 radical (unpaired) electrons. The maximum atomic E-state index is 12.9. The molecule has 0 bridgehead atoms. The lowest BCUT2D eigenvalue weighted by Gasteiger charge is -2.08. The number of amides is 1. The van der Waals surface area contributed by atoms with Crippen LogP contribution in [-0.2, 0) is 12.9 Å². The molecule has 142 valence electrons. The van der Waals surface area contributed by atoms with Crippen molar-refractivity contribution >= 4 is 23.2 Å². The molecule has 1 amide bonds. The van der Waals surface area contributed by atoms with Crippen LogP contribution in [0.1, 0.15) is 21.9 Å². The van der Waals surface area contributed by atoms with Gasteiger partial charge in [0.05, 0.1) is 11.4 Å². The lowest BCUT2D eigenvalue weighted by Crippen LogP contribution is -2.17. The topological polar surface area (TPSA) is 84.8 Å². The van der Waals surface area contributed by atoms with Gasteiger partial charge in [-0.25, -0.2) is 4.68 Å². The number of aromatic amines is 1. The molecule has 0 atom stereocenters. The van der Waals surface area contributed by atoms with Crippen LogP contribution in [0, 0.1) is 6.92 Å². The Morgan fingerprint density at radius 3 is 2.85 bits per heavy atom. The molecule has 27 heavy (non-hydrogen) atoms. The van der Waals surface area contributed by atoms with E-state index in [0.29, 0.717) is 10.8 Å². The zero-order chi connectivity index (χ0) is 19.6. The van der Waals surface area contributed by atoms with Gasteiger partial charge in [-0.2, -0.15) is 23.4 Å². The van der Waals surface area contributed by atoms with Crippen LogP contribution in [-0.4, -0.2) is 25.9 Å². The maximum absolute atomic E-state index is 12.9. The van der Waals surface area contributed by atoms with Gasteiger partial charge in [-0.15, -0.1) is 0 Å². The van der Waals surface area contributed by atoms with Crippen LogP contribution in [0.5, 0.6) is 5.75 Å². The average Bonchev–Trinajstić information content (AvgIpc) is 3.20. The minimum absolute atomic E-state index is 0.00778. The van der Waals surface area contributed by atoms with E-state index in [9.17, 15) is 18.0 Å². The summed E-state index contributed by atoms with van der Waals surface area (Å²) in [6.07, 6.45) is -3.23. The Labute approximate surface area is 156 Å². The van der Waals surface area contributed by atoms with Gasteiger partial charge in [0.15, 0.2) is 18.1 Å². The smallest absolute Gasteiger partial charge is 0.437 e. The number of alkyl halides is 3. The molecule has 1 aromatic carbocycles. The first kappa shape index (κ1) is 18.8. The number of rotatable bonds is 5. The Morgan fingerprint density at radius 2 is 2.15 bits per heavy atom. The number of carbonyl (C=O) groups excluding carboxylic acids is 1. The fourth-order valence-corrected chi connectivity index (χ4v) is 2.40. The monoisotopic (exact) mass is 399 g/mol. The summed E-state index contributed by atoms with van der Waals surface area (Å²) in [5, 5.41) is 12.1.